The molecule has 1 amide bonds. The number of nitrogens with zero attached hydrogens (tertiary/aromatic N) is 1. The second kappa shape index (κ2) is 9.68. The van der Waals surface area contributed by atoms with E-state index in [1.165, 1.54) is 68.7 Å². The van der Waals surface area contributed by atoms with Gasteiger partial charge in [0.25, 0.3) is 11.7 Å². The molecule has 0 saturated carbocycles. The molecule has 3 aromatic rings. The summed E-state index contributed by atoms with van der Waals surface area (Å²) in [7, 11) is 4.36. The first kappa shape index (κ1) is 24.1. The van der Waals surface area contributed by atoms with Crippen LogP contribution in [0.5, 0.6) is 17.2 Å². The monoisotopic (exact) mass is 497 g/mol. The van der Waals surface area contributed by atoms with Gasteiger partial charge in [0.05, 0.1) is 38.0 Å². The molecule has 1 aliphatic rings. The number of benzene rings is 3. The van der Waals surface area contributed by atoms with Crippen molar-refractivity contribution in [1.29, 1.82) is 0 Å². The Kier molecular flexibility index (Phi) is 6.66. The standard InChI is InChI=1S/C26H21ClFNO6/c1-33-19-11-9-17(13-18(19)27)29-23(14-4-7-16(28)8-5-14)22(25(31)26(29)32)24(30)15-6-10-20(34-2)21(12-15)35-3/h4-13,23,30H,1-3H3/b24-22+. The molecule has 35 heavy (non-hydrogen) atoms. The Morgan fingerprint density at radius 3 is 2.11 bits per heavy atom. The Balaban J connectivity index is 1.93. The van der Waals surface area contributed by atoms with E-state index in [1.807, 2.05) is 0 Å². The zero-order valence-corrected chi connectivity index (χ0v) is 19.8. The summed E-state index contributed by atoms with van der Waals surface area (Å²) in [6, 6.07) is 13.5. The highest BCUT2D eigenvalue weighted by atomic mass is 35.5. The minimum absolute atomic E-state index is 0.166. The molecule has 0 spiro atoms. The second-order valence-electron chi connectivity index (χ2n) is 7.61. The lowest BCUT2D eigenvalue weighted by Gasteiger charge is -2.26. The third kappa shape index (κ3) is 4.28. The number of ether oxygens (including phenoxy) is 3. The fourth-order valence-corrected chi connectivity index (χ4v) is 4.26. The van der Waals surface area contributed by atoms with Crippen molar-refractivity contribution < 1.29 is 33.3 Å². The van der Waals surface area contributed by atoms with Crippen molar-refractivity contribution in [3.05, 3.63) is 88.2 Å². The van der Waals surface area contributed by atoms with Crippen LogP contribution in [0.3, 0.4) is 0 Å². The number of anilines is 1. The minimum Gasteiger partial charge on any atom is -0.507 e. The number of aliphatic hydroxyl groups excluding tert-OH is 1. The lowest BCUT2D eigenvalue weighted by Crippen LogP contribution is -2.29. The number of methoxy groups -OCH3 is 3. The van der Waals surface area contributed by atoms with Crippen molar-refractivity contribution in [3.8, 4) is 17.2 Å². The molecule has 4 rings (SSSR count). The van der Waals surface area contributed by atoms with Crippen molar-refractivity contribution in [2.75, 3.05) is 26.2 Å². The summed E-state index contributed by atoms with van der Waals surface area (Å²) in [5, 5.41) is 11.5. The van der Waals surface area contributed by atoms with Gasteiger partial charge in [-0.25, -0.2) is 4.39 Å². The molecule has 9 heteroatoms. The van der Waals surface area contributed by atoms with Crippen LogP contribution in [0.2, 0.25) is 5.02 Å². The Labute approximate surface area is 205 Å². The van der Waals surface area contributed by atoms with Crippen LogP contribution >= 0.6 is 11.6 Å². The van der Waals surface area contributed by atoms with E-state index in [9.17, 15) is 19.1 Å². The fraction of sp³-hybridized carbons (Fsp3) is 0.154. The molecule has 0 radical (unpaired) electrons. The maximum atomic E-state index is 13.7. The molecule has 1 atom stereocenters. The highest BCUT2D eigenvalue weighted by molar-refractivity contribution is 6.51. The molecule has 1 unspecified atom stereocenters. The third-order valence-corrected chi connectivity index (χ3v) is 6.00. The van der Waals surface area contributed by atoms with Gasteiger partial charge in [-0.15, -0.1) is 0 Å². The van der Waals surface area contributed by atoms with Gasteiger partial charge in [-0.05, 0) is 54.1 Å². The number of hydrogen-bond donors (Lipinski definition) is 1. The molecule has 1 fully saturated rings. The van der Waals surface area contributed by atoms with Crippen LogP contribution in [0, 0.1) is 5.82 Å². The first-order valence-electron chi connectivity index (χ1n) is 10.4. The van der Waals surface area contributed by atoms with Crippen LogP contribution in [0.15, 0.2) is 66.2 Å². The summed E-state index contributed by atoms with van der Waals surface area (Å²) >= 11 is 6.28. The van der Waals surface area contributed by atoms with E-state index >= 15 is 0 Å². The molecule has 1 saturated heterocycles. The number of halogens is 2. The number of carbonyl (C=O) groups is 2. The summed E-state index contributed by atoms with van der Waals surface area (Å²) in [6.45, 7) is 0. The first-order valence-corrected chi connectivity index (χ1v) is 10.8. The van der Waals surface area contributed by atoms with Crippen molar-refractivity contribution in [3.63, 3.8) is 0 Å². The highest BCUT2D eigenvalue weighted by Gasteiger charge is 2.47. The Morgan fingerprint density at radius 1 is 0.886 bits per heavy atom. The van der Waals surface area contributed by atoms with Gasteiger partial charge in [0.2, 0.25) is 0 Å². The summed E-state index contributed by atoms with van der Waals surface area (Å²) in [6.07, 6.45) is 0. The number of hydrogen-bond acceptors (Lipinski definition) is 6. The summed E-state index contributed by atoms with van der Waals surface area (Å²) in [4.78, 5) is 27.7. The van der Waals surface area contributed by atoms with E-state index in [0.29, 0.717) is 28.5 Å². The average molecular weight is 498 g/mol. The van der Waals surface area contributed by atoms with Gasteiger partial charge < -0.3 is 19.3 Å². The van der Waals surface area contributed by atoms with Gasteiger partial charge in [-0.3, -0.25) is 14.5 Å². The molecule has 7 nitrogen and oxygen atoms in total. The normalized spacial score (nSPS) is 16.9. The van der Waals surface area contributed by atoms with Crippen molar-refractivity contribution in [2.45, 2.75) is 6.04 Å². The van der Waals surface area contributed by atoms with E-state index in [4.69, 9.17) is 25.8 Å². The van der Waals surface area contributed by atoms with Gasteiger partial charge in [0.15, 0.2) is 11.5 Å². The zero-order chi connectivity index (χ0) is 25.3. The highest BCUT2D eigenvalue weighted by Crippen LogP contribution is 2.44. The number of aliphatic hydroxyl groups is 1. The van der Waals surface area contributed by atoms with Crippen LogP contribution in [0.4, 0.5) is 10.1 Å². The average Bonchev–Trinajstić information content (AvgIpc) is 3.13. The van der Waals surface area contributed by atoms with Gasteiger partial charge >= 0.3 is 0 Å². The maximum Gasteiger partial charge on any atom is 0.300 e. The predicted molar refractivity (Wildman–Crippen MR) is 129 cm³/mol. The maximum absolute atomic E-state index is 13.7. The fourth-order valence-electron chi connectivity index (χ4n) is 4.00. The zero-order valence-electron chi connectivity index (χ0n) is 19.0. The molecule has 0 bridgehead atoms. The minimum atomic E-state index is -1.05. The molecule has 1 heterocycles. The smallest absolute Gasteiger partial charge is 0.300 e. The van der Waals surface area contributed by atoms with Crippen LogP contribution in [0.1, 0.15) is 17.2 Å². The molecule has 3 aromatic carbocycles. The molecular weight excluding hydrogens is 477 g/mol. The lowest BCUT2D eigenvalue weighted by atomic mass is 9.95. The molecule has 0 aromatic heterocycles. The van der Waals surface area contributed by atoms with E-state index in [1.54, 1.807) is 18.2 Å². The Bertz CT molecular complexity index is 1340. The number of ketones is 1. The van der Waals surface area contributed by atoms with E-state index in [-0.39, 0.29) is 16.2 Å². The second-order valence-corrected chi connectivity index (χ2v) is 8.02. The first-order chi connectivity index (χ1) is 16.8. The van der Waals surface area contributed by atoms with Gasteiger partial charge in [-0.2, -0.15) is 0 Å². The number of Topliss-reactive ketones (excluding diaryl/α,β-unsaturated/α-hetero) is 1. The topological polar surface area (TPSA) is 85.3 Å². The van der Waals surface area contributed by atoms with E-state index in [2.05, 4.69) is 0 Å². The number of carbonyl (C=O) groups excluding carboxylic acids is 2. The summed E-state index contributed by atoms with van der Waals surface area (Å²) in [5.74, 6) is -1.55. The quantitative estimate of drug-likeness (QED) is 0.289. The van der Waals surface area contributed by atoms with Gasteiger partial charge in [-0.1, -0.05) is 23.7 Å². The van der Waals surface area contributed by atoms with Crippen LogP contribution in [-0.2, 0) is 9.59 Å². The van der Waals surface area contributed by atoms with E-state index in [0.717, 1.165) is 0 Å². The SMILES string of the molecule is COc1ccc(N2C(=O)C(=O)/C(=C(/O)c3ccc(OC)c(OC)c3)C2c2ccc(F)cc2)cc1Cl. The van der Waals surface area contributed by atoms with Crippen molar-refractivity contribution in [2.24, 2.45) is 0 Å². The molecular formula is C26H21ClFNO6. The van der Waals surface area contributed by atoms with E-state index < -0.39 is 29.3 Å². The molecule has 180 valence electrons. The summed E-state index contributed by atoms with van der Waals surface area (Å²) in [5.41, 5.74) is 0.791. The van der Waals surface area contributed by atoms with Crippen LogP contribution in [-0.4, -0.2) is 38.1 Å². The predicted octanol–water partition coefficient (Wildman–Crippen LogP) is 5.13. The molecule has 0 aliphatic carbocycles. The van der Waals surface area contributed by atoms with Gasteiger partial charge in [0, 0.05) is 11.3 Å². The largest absolute Gasteiger partial charge is 0.507 e. The van der Waals surface area contributed by atoms with Gasteiger partial charge in [0.1, 0.15) is 17.3 Å². The van der Waals surface area contributed by atoms with Crippen molar-refractivity contribution in [1.82, 2.24) is 0 Å². The van der Waals surface area contributed by atoms with Crippen LogP contribution < -0.4 is 19.1 Å². The third-order valence-electron chi connectivity index (χ3n) is 5.70. The molecule has 1 N–H and O–H groups in total. The number of amides is 1. The van der Waals surface area contributed by atoms with Crippen molar-refractivity contribution >= 4 is 34.7 Å². The Hall–Kier alpha value is -4.04. The Morgan fingerprint density at radius 2 is 1.51 bits per heavy atom. The molecule has 1 aliphatic heterocycles. The van der Waals surface area contributed by atoms with Crippen LogP contribution in [0.25, 0.3) is 5.76 Å². The lowest BCUT2D eigenvalue weighted by molar-refractivity contribution is -0.132. The summed E-state index contributed by atoms with van der Waals surface area (Å²) < 4.78 is 29.4. The number of rotatable bonds is 6.